The smallest absolute Gasteiger partial charge is 0.345 e. The Bertz CT molecular complexity index is 1130. The number of hydrogen-bond donors (Lipinski definition) is 1. The lowest BCUT2D eigenvalue weighted by molar-refractivity contribution is -0.120. The number of hydrogen-bond acceptors (Lipinski definition) is 5. The Kier molecular flexibility index (Phi) is 8.41. The predicted octanol–water partition coefficient (Wildman–Crippen LogP) is 5.41. The van der Waals surface area contributed by atoms with E-state index in [4.69, 9.17) is 21.1 Å². The molecule has 32 heavy (non-hydrogen) atoms. The molecular formula is C24H20BrClN2O4. The van der Waals surface area contributed by atoms with Gasteiger partial charge in [0, 0.05) is 4.47 Å². The van der Waals surface area contributed by atoms with E-state index in [2.05, 4.69) is 26.5 Å². The van der Waals surface area contributed by atoms with E-state index in [-0.39, 0.29) is 23.6 Å². The van der Waals surface area contributed by atoms with Crippen molar-refractivity contribution in [2.45, 2.75) is 13.3 Å². The molecule has 6 nitrogen and oxygen atoms in total. The van der Waals surface area contributed by atoms with Crippen LogP contribution in [0.5, 0.6) is 11.5 Å². The third-order valence-corrected chi connectivity index (χ3v) is 5.10. The van der Waals surface area contributed by atoms with Gasteiger partial charge in [0.15, 0.2) is 11.5 Å². The van der Waals surface area contributed by atoms with Crippen molar-refractivity contribution in [3.8, 4) is 11.5 Å². The monoisotopic (exact) mass is 514 g/mol. The standard InChI is InChI=1S/C24H20BrClN2O4/c1-2-31-22-13-17(15-27-28-23(29)14-16-7-10-18(25)11-8-16)9-12-21(22)32-24(30)19-5-3-4-6-20(19)26/h3-13,15H,2,14H2,1H3,(H,28,29). The summed E-state index contributed by atoms with van der Waals surface area (Å²) >= 11 is 9.43. The van der Waals surface area contributed by atoms with Gasteiger partial charge in [-0.2, -0.15) is 5.10 Å². The number of carbonyl (C=O) groups is 2. The Balaban J connectivity index is 1.65. The number of halogens is 2. The molecule has 0 aliphatic carbocycles. The topological polar surface area (TPSA) is 77.0 Å². The molecule has 8 heteroatoms. The Morgan fingerprint density at radius 3 is 2.53 bits per heavy atom. The van der Waals surface area contributed by atoms with E-state index in [1.54, 1.807) is 42.5 Å². The SMILES string of the molecule is CCOc1cc(C=NNC(=O)Cc2ccc(Br)cc2)ccc1OC(=O)c1ccccc1Cl. The van der Waals surface area contributed by atoms with Crippen molar-refractivity contribution in [2.75, 3.05) is 6.61 Å². The number of rotatable bonds is 8. The predicted molar refractivity (Wildman–Crippen MR) is 128 cm³/mol. The second-order valence-electron chi connectivity index (χ2n) is 6.60. The lowest BCUT2D eigenvalue weighted by Gasteiger charge is -2.12. The lowest BCUT2D eigenvalue weighted by atomic mass is 10.1. The van der Waals surface area contributed by atoms with Crippen molar-refractivity contribution in [2.24, 2.45) is 5.10 Å². The number of hydrazone groups is 1. The van der Waals surface area contributed by atoms with Gasteiger partial charge < -0.3 is 9.47 Å². The molecule has 0 saturated carbocycles. The molecule has 0 aliphatic rings. The Hall–Kier alpha value is -3.16. The maximum absolute atomic E-state index is 12.5. The molecule has 3 aromatic rings. The Morgan fingerprint density at radius 2 is 1.81 bits per heavy atom. The second-order valence-corrected chi connectivity index (χ2v) is 7.93. The van der Waals surface area contributed by atoms with Crippen LogP contribution in [0.4, 0.5) is 0 Å². The highest BCUT2D eigenvalue weighted by Crippen LogP contribution is 2.29. The molecule has 0 aliphatic heterocycles. The molecule has 1 amide bonds. The molecule has 0 spiro atoms. The quantitative estimate of drug-likeness (QED) is 0.188. The van der Waals surface area contributed by atoms with Gasteiger partial charge in [-0.3, -0.25) is 4.79 Å². The zero-order valence-corrected chi connectivity index (χ0v) is 19.5. The van der Waals surface area contributed by atoms with Gasteiger partial charge in [-0.05, 0) is 60.5 Å². The second kappa shape index (κ2) is 11.5. The average Bonchev–Trinajstić information content (AvgIpc) is 2.77. The fourth-order valence-electron chi connectivity index (χ4n) is 2.75. The normalized spacial score (nSPS) is 10.7. The molecule has 0 atom stereocenters. The number of nitrogens with zero attached hydrogens (tertiary/aromatic N) is 1. The summed E-state index contributed by atoms with van der Waals surface area (Å²) in [5, 5.41) is 4.30. The third-order valence-electron chi connectivity index (χ3n) is 4.24. The zero-order valence-electron chi connectivity index (χ0n) is 17.2. The summed E-state index contributed by atoms with van der Waals surface area (Å²) in [6.45, 7) is 2.20. The van der Waals surface area contributed by atoms with Gasteiger partial charge in [0.2, 0.25) is 5.91 Å². The molecule has 0 bridgehead atoms. The highest BCUT2D eigenvalue weighted by Gasteiger charge is 2.15. The molecule has 1 N–H and O–H groups in total. The lowest BCUT2D eigenvalue weighted by Crippen LogP contribution is -2.19. The molecule has 0 saturated heterocycles. The van der Waals surface area contributed by atoms with Crippen molar-refractivity contribution >= 4 is 45.6 Å². The maximum atomic E-state index is 12.5. The average molecular weight is 516 g/mol. The first-order chi connectivity index (χ1) is 15.5. The van der Waals surface area contributed by atoms with Crippen LogP contribution >= 0.6 is 27.5 Å². The number of carbonyl (C=O) groups excluding carboxylic acids is 2. The maximum Gasteiger partial charge on any atom is 0.345 e. The molecular weight excluding hydrogens is 496 g/mol. The summed E-state index contributed by atoms with van der Waals surface area (Å²) in [7, 11) is 0. The van der Waals surface area contributed by atoms with Crippen molar-refractivity contribution in [1.29, 1.82) is 0 Å². The number of benzene rings is 3. The summed E-state index contributed by atoms with van der Waals surface area (Å²) in [6, 6.07) is 19.1. The highest BCUT2D eigenvalue weighted by molar-refractivity contribution is 9.10. The van der Waals surface area contributed by atoms with Crippen LogP contribution in [0.2, 0.25) is 5.02 Å². The molecule has 0 heterocycles. The largest absolute Gasteiger partial charge is 0.490 e. The van der Waals surface area contributed by atoms with Crippen molar-refractivity contribution in [3.63, 3.8) is 0 Å². The van der Waals surface area contributed by atoms with Crippen LogP contribution in [0.25, 0.3) is 0 Å². The molecule has 164 valence electrons. The van der Waals surface area contributed by atoms with Crippen LogP contribution in [0, 0.1) is 0 Å². The number of amides is 1. The summed E-state index contributed by atoms with van der Waals surface area (Å²) in [6.07, 6.45) is 1.70. The van der Waals surface area contributed by atoms with E-state index >= 15 is 0 Å². The molecule has 3 aromatic carbocycles. The molecule has 3 rings (SSSR count). The number of ether oxygens (including phenoxy) is 2. The van der Waals surface area contributed by atoms with Crippen LogP contribution in [-0.4, -0.2) is 24.7 Å². The van der Waals surface area contributed by atoms with E-state index in [1.165, 1.54) is 6.21 Å². The van der Waals surface area contributed by atoms with Gasteiger partial charge in [0.1, 0.15) is 0 Å². The van der Waals surface area contributed by atoms with Gasteiger partial charge in [-0.25, -0.2) is 10.2 Å². The molecule has 0 unspecified atom stereocenters. The third kappa shape index (κ3) is 6.67. The summed E-state index contributed by atoms with van der Waals surface area (Å²) in [5.74, 6) is -0.191. The van der Waals surface area contributed by atoms with E-state index in [0.29, 0.717) is 22.9 Å². The van der Waals surface area contributed by atoms with E-state index in [0.717, 1.165) is 10.0 Å². The summed E-state index contributed by atoms with van der Waals surface area (Å²) < 4.78 is 12.0. The summed E-state index contributed by atoms with van der Waals surface area (Å²) in [5.41, 5.74) is 4.30. The van der Waals surface area contributed by atoms with Gasteiger partial charge in [0.25, 0.3) is 0 Å². The molecule has 0 fully saturated rings. The van der Waals surface area contributed by atoms with Crippen molar-refractivity contribution < 1.29 is 19.1 Å². The van der Waals surface area contributed by atoms with Crippen molar-refractivity contribution in [1.82, 2.24) is 5.43 Å². The highest BCUT2D eigenvalue weighted by atomic mass is 79.9. The zero-order chi connectivity index (χ0) is 22.9. The van der Waals surface area contributed by atoms with E-state index in [1.807, 2.05) is 31.2 Å². The van der Waals surface area contributed by atoms with E-state index < -0.39 is 5.97 Å². The van der Waals surface area contributed by atoms with Crippen LogP contribution in [0.1, 0.15) is 28.4 Å². The molecule has 0 radical (unpaired) electrons. The number of esters is 1. The molecule has 0 aromatic heterocycles. The first-order valence-corrected chi connectivity index (χ1v) is 10.9. The van der Waals surface area contributed by atoms with Crippen LogP contribution in [0.15, 0.2) is 76.3 Å². The first-order valence-electron chi connectivity index (χ1n) is 9.76. The summed E-state index contributed by atoms with van der Waals surface area (Å²) in [4.78, 5) is 24.5. The Morgan fingerprint density at radius 1 is 1.06 bits per heavy atom. The van der Waals surface area contributed by atoms with Crippen molar-refractivity contribution in [3.05, 3.63) is 92.9 Å². The number of nitrogens with one attached hydrogen (secondary N) is 1. The fourth-order valence-corrected chi connectivity index (χ4v) is 3.22. The van der Waals surface area contributed by atoms with Gasteiger partial charge >= 0.3 is 5.97 Å². The fraction of sp³-hybridized carbons (Fsp3) is 0.125. The van der Waals surface area contributed by atoms with Gasteiger partial charge in [-0.15, -0.1) is 0 Å². The first kappa shape index (κ1) is 23.5. The minimum atomic E-state index is -0.585. The van der Waals surface area contributed by atoms with Crippen LogP contribution in [-0.2, 0) is 11.2 Å². The van der Waals surface area contributed by atoms with Gasteiger partial charge in [-0.1, -0.05) is 51.8 Å². The van der Waals surface area contributed by atoms with Crippen LogP contribution in [0.3, 0.4) is 0 Å². The van der Waals surface area contributed by atoms with E-state index in [9.17, 15) is 9.59 Å². The van der Waals surface area contributed by atoms with Crippen LogP contribution < -0.4 is 14.9 Å². The Labute approximate surface area is 199 Å². The van der Waals surface area contributed by atoms with Gasteiger partial charge in [0.05, 0.1) is 29.8 Å². The minimum Gasteiger partial charge on any atom is -0.490 e. The minimum absolute atomic E-state index is 0.214.